The highest BCUT2D eigenvalue weighted by molar-refractivity contribution is 9.09. The van der Waals surface area contributed by atoms with Gasteiger partial charge in [-0.2, -0.15) is 3.07 Å². The van der Waals surface area contributed by atoms with Crippen molar-refractivity contribution in [2.24, 2.45) is 0 Å². The minimum atomic E-state index is -1.74. The first kappa shape index (κ1) is 24.1. The standard InChI is InChI=1S/C22H30BrIO.BrH/c23-19-13-5-3-1-2-4-6-14-20-25-24(21-15-9-7-10-16-21)22-17-11-8-12-18-22;/h7-12,15-18H,1-6,13-14,19-20H2;1H/q+1;/p-1. The van der Waals surface area contributed by atoms with Crippen LogP contribution in [0.25, 0.3) is 0 Å². The average Bonchev–Trinajstić information content (AvgIpc) is 2.67. The lowest BCUT2D eigenvalue weighted by atomic mass is 10.1. The van der Waals surface area contributed by atoms with Gasteiger partial charge in [-0.25, -0.2) is 0 Å². The van der Waals surface area contributed by atoms with Crippen LogP contribution in [0.1, 0.15) is 51.4 Å². The van der Waals surface area contributed by atoms with E-state index in [0.717, 1.165) is 11.9 Å². The Balaban J connectivity index is 0.00000338. The van der Waals surface area contributed by atoms with E-state index < -0.39 is 20.2 Å². The predicted octanol–water partition coefficient (Wildman–Crippen LogP) is 0.802. The molecule has 4 heteroatoms. The van der Waals surface area contributed by atoms with Gasteiger partial charge in [-0.1, -0.05) is 90.9 Å². The highest BCUT2D eigenvalue weighted by Crippen LogP contribution is 2.09. The van der Waals surface area contributed by atoms with Crippen molar-refractivity contribution in [2.75, 3.05) is 11.9 Å². The first-order valence-corrected chi connectivity index (χ1v) is 13.6. The van der Waals surface area contributed by atoms with Crippen molar-refractivity contribution in [3.8, 4) is 0 Å². The van der Waals surface area contributed by atoms with Crippen molar-refractivity contribution in [1.82, 2.24) is 0 Å². The van der Waals surface area contributed by atoms with Crippen LogP contribution in [0, 0.1) is 7.14 Å². The maximum absolute atomic E-state index is 6.43. The molecule has 1 nitrogen and oxygen atoms in total. The fourth-order valence-electron chi connectivity index (χ4n) is 2.70. The van der Waals surface area contributed by atoms with Crippen molar-refractivity contribution in [1.29, 1.82) is 0 Å². The first-order valence-electron chi connectivity index (χ1n) is 9.41. The maximum Gasteiger partial charge on any atom is 0.301 e. The van der Waals surface area contributed by atoms with Crippen molar-refractivity contribution < 1.29 is 40.3 Å². The fourth-order valence-corrected chi connectivity index (χ4v) is 7.42. The number of hydrogen-bond acceptors (Lipinski definition) is 1. The highest BCUT2D eigenvalue weighted by atomic mass is 127. The Hall–Kier alpha value is 0.0900. The normalized spacial score (nSPS) is 10.7. The molecule has 0 heterocycles. The van der Waals surface area contributed by atoms with Gasteiger partial charge in [0.15, 0.2) is 7.14 Å². The molecule has 0 spiro atoms. The van der Waals surface area contributed by atoms with E-state index in [1.165, 1.54) is 58.5 Å². The molecule has 0 N–H and O–H groups in total. The molecule has 0 bridgehead atoms. The number of halogens is 3. The van der Waals surface area contributed by atoms with Crippen LogP contribution in [0.3, 0.4) is 0 Å². The molecule has 0 saturated carbocycles. The second-order valence-corrected chi connectivity index (χ2v) is 11.5. The molecule has 0 aliphatic rings. The van der Waals surface area contributed by atoms with E-state index in [-0.39, 0.29) is 17.0 Å². The second-order valence-electron chi connectivity index (χ2n) is 6.17. The molecule has 0 fully saturated rings. The van der Waals surface area contributed by atoms with Crippen molar-refractivity contribution in [3.05, 3.63) is 67.8 Å². The number of unbranched alkanes of at least 4 members (excludes halogenated alkanes) is 7. The van der Waals surface area contributed by atoms with Gasteiger partial charge in [0, 0.05) is 5.33 Å². The lowest BCUT2D eigenvalue weighted by Gasteiger charge is -2.06. The largest absolute Gasteiger partial charge is 1.00 e. The minimum absolute atomic E-state index is 0. The molecule has 0 atom stereocenters. The summed E-state index contributed by atoms with van der Waals surface area (Å²) in [4.78, 5) is 0. The van der Waals surface area contributed by atoms with Crippen LogP contribution in [0.2, 0.25) is 0 Å². The van der Waals surface area contributed by atoms with Gasteiger partial charge in [0.25, 0.3) is 0 Å². The number of benzene rings is 2. The van der Waals surface area contributed by atoms with E-state index in [4.69, 9.17) is 3.07 Å². The minimum Gasteiger partial charge on any atom is -1.00 e. The Morgan fingerprint density at radius 2 is 1.04 bits per heavy atom. The first-order chi connectivity index (χ1) is 12.4. The van der Waals surface area contributed by atoms with Crippen LogP contribution in [0.15, 0.2) is 60.7 Å². The zero-order valence-electron chi connectivity index (χ0n) is 15.4. The molecule has 1 radical (unpaired) electrons. The molecule has 0 amide bonds. The number of hydrogen-bond donors (Lipinski definition) is 0. The Kier molecular flexibility index (Phi) is 14.9. The third kappa shape index (κ3) is 9.86. The van der Waals surface area contributed by atoms with Crippen LogP contribution in [0.4, 0.5) is 0 Å². The zero-order valence-corrected chi connectivity index (χ0v) is 20.7. The molecule has 26 heavy (non-hydrogen) atoms. The summed E-state index contributed by atoms with van der Waals surface area (Å²) < 4.78 is 9.21. The van der Waals surface area contributed by atoms with Gasteiger partial charge >= 0.3 is 20.2 Å². The van der Waals surface area contributed by atoms with Crippen LogP contribution in [-0.4, -0.2) is 11.9 Å². The average molecular weight is 597 g/mol. The summed E-state index contributed by atoms with van der Waals surface area (Å²) in [5, 5.41) is 1.15. The Labute approximate surface area is 186 Å². The Morgan fingerprint density at radius 1 is 0.615 bits per heavy atom. The van der Waals surface area contributed by atoms with E-state index in [0.29, 0.717) is 0 Å². The second kappa shape index (κ2) is 16.1. The molecule has 0 saturated heterocycles. The fraction of sp³-hybridized carbons (Fsp3) is 0.455. The molecule has 0 aromatic heterocycles. The van der Waals surface area contributed by atoms with Crippen LogP contribution in [-0.2, 0) is 3.07 Å². The van der Waals surface area contributed by atoms with Gasteiger partial charge < -0.3 is 17.0 Å². The lowest BCUT2D eigenvalue weighted by Crippen LogP contribution is -3.85. The van der Waals surface area contributed by atoms with Crippen LogP contribution in [0.5, 0.6) is 0 Å². The van der Waals surface area contributed by atoms with Crippen molar-refractivity contribution in [3.63, 3.8) is 0 Å². The van der Waals surface area contributed by atoms with Gasteiger partial charge in [-0.15, -0.1) is 0 Å². The van der Waals surface area contributed by atoms with Gasteiger partial charge in [0.05, 0.1) is 6.61 Å². The molecular weight excluding hydrogens is 567 g/mol. The highest BCUT2D eigenvalue weighted by Gasteiger charge is 2.29. The molecule has 0 aliphatic heterocycles. The third-order valence-corrected chi connectivity index (χ3v) is 9.40. The molecule has 2 rings (SSSR count). The molecular formula is C22H30Br2IO. The smallest absolute Gasteiger partial charge is 0.301 e. The summed E-state index contributed by atoms with van der Waals surface area (Å²) in [6, 6.07) is 21.6. The van der Waals surface area contributed by atoms with E-state index in [9.17, 15) is 0 Å². The van der Waals surface area contributed by atoms with Crippen LogP contribution >= 0.6 is 15.9 Å². The molecule has 0 unspecified atom stereocenters. The topological polar surface area (TPSA) is 9.23 Å². The molecule has 0 aliphatic carbocycles. The van der Waals surface area contributed by atoms with Crippen molar-refractivity contribution >= 4 is 15.9 Å². The third-order valence-electron chi connectivity index (χ3n) is 4.08. The van der Waals surface area contributed by atoms with Gasteiger partial charge in [0.1, 0.15) is 0 Å². The van der Waals surface area contributed by atoms with E-state index in [1.54, 1.807) is 0 Å². The summed E-state index contributed by atoms with van der Waals surface area (Å²) in [5.41, 5.74) is 0. The number of rotatable bonds is 13. The Bertz CT molecular complexity index is 511. The zero-order chi connectivity index (χ0) is 17.6. The van der Waals surface area contributed by atoms with E-state index in [1.807, 2.05) is 0 Å². The number of alkyl halides is 1. The molecule has 2 aromatic carbocycles. The van der Waals surface area contributed by atoms with Crippen molar-refractivity contribution in [2.45, 2.75) is 51.4 Å². The van der Waals surface area contributed by atoms with Gasteiger partial charge in [-0.05, 0) is 37.1 Å². The van der Waals surface area contributed by atoms with E-state index >= 15 is 0 Å². The summed E-state index contributed by atoms with van der Waals surface area (Å²) >= 11 is 1.76. The summed E-state index contributed by atoms with van der Waals surface area (Å²) in [5.74, 6) is 0. The van der Waals surface area contributed by atoms with Crippen LogP contribution < -0.4 is 37.2 Å². The summed E-state index contributed by atoms with van der Waals surface area (Å²) in [6.45, 7) is 0.901. The van der Waals surface area contributed by atoms with Gasteiger partial charge in [-0.3, -0.25) is 0 Å². The SMILES string of the molecule is BrCCCCCCCCCCO[I+](c1ccccc1)c1ccccc1.[Br-]. The summed E-state index contributed by atoms with van der Waals surface area (Å²) in [6.07, 6.45) is 10.7. The quantitative estimate of drug-likeness (QED) is 0.189. The molecule has 2 aromatic rings. The summed E-state index contributed by atoms with van der Waals surface area (Å²) in [7, 11) is 0. The lowest BCUT2D eigenvalue weighted by molar-refractivity contribution is -1.06. The monoisotopic (exact) mass is 595 g/mol. The van der Waals surface area contributed by atoms with Gasteiger partial charge in [0.2, 0.25) is 0 Å². The maximum atomic E-state index is 6.43. The predicted molar refractivity (Wildman–Crippen MR) is 107 cm³/mol. The Morgan fingerprint density at radius 3 is 1.50 bits per heavy atom. The molecule has 145 valence electrons. The van der Waals surface area contributed by atoms with E-state index in [2.05, 4.69) is 76.6 Å².